The van der Waals surface area contributed by atoms with Gasteiger partial charge in [0.2, 0.25) is 6.79 Å². The fraction of sp³-hybridized carbons (Fsp3) is 0.154. The van der Waals surface area contributed by atoms with Crippen molar-refractivity contribution in [2.75, 3.05) is 26.3 Å². The monoisotopic (exact) mass is 474 g/mol. The van der Waals surface area contributed by atoms with Crippen molar-refractivity contribution < 1.29 is 23.7 Å². The summed E-state index contributed by atoms with van der Waals surface area (Å²) in [6, 6.07) is 16.9. The maximum absolute atomic E-state index is 13.5. The van der Waals surface area contributed by atoms with E-state index in [-0.39, 0.29) is 12.7 Å². The number of aryl methyl sites for hydroxylation is 1. The standard InChI is InChI=1S/C26H22N2O5S/c1-15-4-7-19-24(10-15)34-26(27-19)28-25(29)18(17-6-9-20(30-2)22(13-17)31-3)11-16-5-8-21-23(12-16)33-14-32-21/h4-13H,14H2,1-3H3,(H,27,28,29)/b18-11+. The van der Waals surface area contributed by atoms with Gasteiger partial charge in [-0.1, -0.05) is 29.5 Å². The number of nitrogens with zero attached hydrogens (tertiary/aromatic N) is 1. The van der Waals surface area contributed by atoms with Crippen LogP contribution in [-0.2, 0) is 4.79 Å². The van der Waals surface area contributed by atoms with Crippen LogP contribution in [0.3, 0.4) is 0 Å². The van der Waals surface area contributed by atoms with Crippen LogP contribution in [0.2, 0.25) is 0 Å². The first-order chi connectivity index (χ1) is 16.5. The van der Waals surface area contributed by atoms with E-state index in [2.05, 4.69) is 16.4 Å². The molecule has 5 rings (SSSR count). The van der Waals surface area contributed by atoms with Crippen molar-refractivity contribution in [1.29, 1.82) is 0 Å². The predicted octanol–water partition coefficient (Wildman–Crippen LogP) is 5.53. The second-order valence-corrected chi connectivity index (χ2v) is 8.72. The van der Waals surface area contributed by atoms with Gasteiger partial charge in [0.25, 0.3) is 5.91 Å². The van der Waals surface area contributed by atoms with E-state index < -0.39 is 0 Å². The molecular formula is C26H22N2O5S. The van der Waals surface area contributed by atoms with Crippen LogP contribution in [0.1, 0.15) is 16.7 Å². The summed E-state index contributed by atoms with van der Waals surface area (Å²) in [5, 5.41) is 3.49. The number of aromatic nitrogens is 1. The quantitative estimate of drug-likeness (QED) is 0.292. The molecule has 7 nitrogen and oxygen atoms in total. The SMILES string of the molecule is COc1ccc(/C(=C\c2ccc3c(c2)OCO3)C(=O)Nc2nc3ccc(C)cc3s2)cc1OC. The van der Waals surface area contributed by atoms with Crippen LogP contribution < -0.4 is 24.3 Å². The number of hydrogen-bond donors (Lipinski definition) is 1. The van der Waals surface area contributed by atoms with Crippen molar-refractivity contribution in [3.63, 3.8) is 0 Å². The Morgan fingerprint density at radius 3 is 2.65 bits per heavy atom. The molecule has 172 valence electrons. The van der Waals surface area contributed by atoms with Crippen molar-refractivity contribution in [3.05, 3.63) is 71.3 Å². The minimum absolute atomic E-state index is 0.183. The van der Waals surface area contributed by atoms with Crippen LogP contribution in [0.25, 0.3) is 21.9 Å². The summed E-state index contributed by atoms with van der Waals surface area (Å²) >= 11 is 1.44. The Bertz CT molecular complexity index is 1430. The van der Waals surface area contributed by atoms with Gasteiger partial charge in [-0.15, -0.1) is 0 Å². The molecule has 0 fully saturated rings. The second-order valence-electron chi connectivity index (χ2n) is 7.68. The molecule has 1 amide bonds. The van der Waals surface area contributed by atoms with Crippen LogP contribution in [0.4, 0.5) is 5.13 Å². The number of thiazole rings is 1. The zero-order valence-corrected chi connectivity index (χ0v) is 19.7. The van der Waals surface area contributed by atoms with Crippen LogP contribution >= 0.6 is 11.3 Å². The molecule has 8 heteroatoms. The van der Waals surface area contributed by atoms with Crippen LogP contribution in [-0.4, -0.2) is 31.9 Å². The van der Waals surface area contributed by atoms with E-state index >= 15 is 0 Å². The Morgan fingerprint density at radius 1 is 1.00 bits per heavy atom. The van der Waals surface area contributed by atoms with Crippen molar-refractivity contribution >= 4 is 44.2 Å². The van der Waals surface area contributed by atoms with Crippen molar-refractivity contribution in [1.82, 2.24) is 4.98 Å². The summed E-state index contributed by atoms with van der Waals surface area (Å²) in [5.41, 5.74) is 3.89. The fourth-order valence-corrected chi connectivity index (χ4v) is 4.66. The molecule has 0 radical (unpaired) electrons. The number of methoxy groups -OCH3 is 2. The molecule has 0 aliphatic carbocycles. The zero-order valence-electron chi connectivity index (χ0n) is 18.9. The molecule has 0 unspecified atom stereocenters. The number of carbonyl (C=O) groups excluding carboxylic acids is 1. The fourth-order valence-electron chi connectivity index (χ4n) is 3.70. The third kappa shape index (κ3) is 4.27. The highest BCUT2D eigenvalue weighted by molar-refractivity contribution is 7.22. The maximum atomic E-state index is 13.5. The maximum Gasteiger partial charge on any atom is 0.258 e. The number of carbonyl (C=O) groups is 1. The van der Waals surface area contributed by atoms with Gasteiger partial charge in [-0.2, -0.15) is 0 Å². The van der Waals surface area contributed by atoms with Crippen LogP contribution in [0, 0.1) is 6.92 Å². The van der Waals surface area contributed by atoms with Gasteiger partial charge in [-0.05, 0) is 66.1 Å². The summed E-state index contributed by atoms with van der Waals surface area (Å²) in [5.74, 6) is 2.14. The number of fused-ring (bicyclic) bond motifs is 2. The number of hydrogen-bond acceptors (Lipinski definition) is 7. The van der Waals surface area contributed by atoms with Crippen molar-refractivity contribution in [2.45, 2.75) is 6.92 Å². The van der Waals surface area contributed by atoms with Gasteiger partial charge in [0.15, 0.2) is 28.1 Å². The Morgan fingerprint density at radius 2 is 1.82 bits per heavy atom. The molecule has 2 heterocycles. The lowest BCUT2D eigenvalue weighted by Crippen LogP contribution is -2.13. The summed E-state index contributed by atoms with van der Waals surface area (Å²) in [4.78, 5) is 18.1. The molecule has 34 heavy (non-hydrogen) atoms. The van der Waals surface area contributed by atoms with E-state index in [1.165, 1.54) is 11.3 Å². The predicted molar refractivity (Wildman–Crippen MR) is 133 cm³/mol. The lowest BCUT2D eigenvalue weighted by Gasteiger charge is -2.12. The summed E-state index contributed by atoms with van der Waals surface area (Å²) < 4.78 is 22.7. The van der Waals surface area contributed by atoms with E-state index in [9.17, 15) is 4.79 Å². The summed E-state index contributed by atoms with van der Waals surface area (Å²) in [6.07, 6.45) is 1.80. The molecule has 1 aliphatic rings. The molecule has 1 N–H and O–H groups in total. The van der Waals surface area contributed by atoms with Crippen LogP contribution in [0.15, 0.2) is 54.6 Å². The van der Waals surface area contributed by atoms with Crippen molar-refractivity contribution in [2.24, 2.45) is 0 Å². The normalized spacial score (nSPS) is 12.6. The first kappa shape index (κ1) is 21.8. The van der Waals surface area contributed by atoms with Crippen LogP contribution in [0.5, 0.6) is 23.0 Å². The first-order valence-corrected chi connectivity index (χ1v) is 11.4. The highest BCUT2D eigenvalue weighted by Crippen LogP contribution is 2.36. The van der Waals surface area contributed by atoms with E-state index in [0.29, 0.717) is 39.3 Å². The van der Waals surface area contributed by atoms with Gasteiger partial charge in [-0.25, -0.2) is 4.98 Å². The molecule has 4 aromatic rings. The Kier molecular flexibility index (Phi) is 5.81. The molecular weight excluding hydrogens is 452 g/mol. The molecule has 3 aromatic carbocycles. The van der Waals surface area contributed by atoms with Gasteiger partial charge in [0.05, 0.1) is 24.4 Å². The van der Waals surface area contributed by atoms with Gasteiger partial charge in [0.1, 0.15) is 0 Å². The lowest BCUT2D eigenvalue weighted by molar-refractivity contribution is -0.111. The molecule has 0 saturated heterocycles. The average molecular weight is 475 g/mol. The molecule has 0 spiro atoms. The molecule has 0 atom stereocenters. The number of nitrogens with one attached hydrogen (secondary N) is 1. The van der Waals surface area contributed by atoms with E-state index in [1.807, 2.05) is 43.3 Å². The Labute approximate surface area is 200 Å². The van der Waals surface area contributed by atoms with Crippen molar-refractivity contribution in [3.8, 4) is 23.0 Å². The minimum Gasteiger partial charge on any atom is -0.493 e. The Balaban J connectivity index is 1.54. The largest absolute Gasteiger partial charge is 0.493 e. The van der Waals surface area contributed by atoms with E-state index in [1.54, 1.807) is 32.4 Å². The van der Waals surface area contributed by atoms with Gasteiger partial charge >= 0.3 is 0 Å². The molecule has 0 saturated carbocycles. The van der Waals surface area contributed by atoms with Gasteiger partial charge in [0, 0.05) is 5.57 Å². The second kappa shape index (κ2) is 9.07. The van der Waals surface area contributed by atoms with E-state index in [4.69, 9.17) is 18.9 Å². The summed E-state index contributed by atoms with van der Waals surface area (Å²) in [6.45, 7) is 2.21. The first-order valence-electron chi connectivity index (χ1n) is 10.6. The zero-order chi connectivity index (χ0) is 23.7. The molecule has 1 aromatic heterocycles. The third-order valence-corrected chi connectivity index (χ3v) is 6.34. The summed E-state index contributed by atoms with van der Waals surface area (Å²) in [7, 11) is 3.13. The van der Waals surface area contributed by atoms with Gasteiger partial charge < -0.3 is 18.9 Å². The number of benzene rings is 3. The highest BCUT2D eigenvalue weighted by atomic mass is 32.1. The Hall–Kier alpha value is -4.04. The molecule has 0 bridgehead atoms. The molecule has 1 aliphatic heterocycles. The number of ether oxygens (including phenoxy) is 4. The average Bonchev–Trinajstić information content (AvgIpc) is 3.47. The van der Waals surface area contributed by atoms with Gasteiger partial charge in [-0.3, -0.25) is 10.1 Å². The highest BCUT2D eigenvalue weighted by Gasteiger charge is 2.19. The number of rotatable bonds is 6. The van der Waals surface area contributed by atoms with E-state index in [0.717, 1.165) is 21.3 Å². The number of anilines is 1. The minimum atomic E-state index is -0.291. The number of amides is 1. The smallest absolute Gasteiger partial charge is 0.258 e. The third-order valence-electron chi connectivity index (χ3n) is 5.41. The lowest BCUT2D eigenvalue weighted by atomic mass is 10.0. The topological polar surface area (TPSA) is 78.9 Å².